The number of Topliss-reactive ketones (excluding diaryl/α,β-unsaturated/α-hetero) is 1. The van der Waals surface area contributed by atoms with E-state index in [-0.39, 0.29) is 34.8 Å². The fourth-order valence-electron chi connectivity index (χ4n) is 3.83. The van der Waals surface area contributed by atoms with Crippen LogP contribution in [0.1, 0.15) is 37.2 Å². The third-order valence-electron chi connectivity index (χ3n) is 6.05. The lowest BCUT2D eigenvalue weighted by molar-refractivity contribution is -0.151. The lowest BCUT2D eigenvalue weighted by Gasteiger charge is -2.21. The number of aromatic amines is 1. The average Bonchev–Trinajstić information content (AvgIpc) is 3.45. The lowest BCUT2D eigenvalue weighted by Crippen LogP contribution is -2.48. The molecule has 2 heterocycles. The van der Waals surface area contributed by atoms with Crippen LogP contribution in [0.2, 0.25) is 0 Å². The number of rotatable bonds is 11. The summed E-state index contributed by atoms with van der Waals surface area (Å²) in [5, 5.41) is 7.58. The normalized spacial score (nSPS) is 16.8. The number of carbonyl (C=O) groups excluding carboxylic acids is 5. The summed E-state index contributed by atoms with van der Waals surface area (Å²) in [6, 6.07) is 0.867. The number of nitrogens with one attached hydrogen (secondary N) is 4. The average molecular weight is 522 g/mol. The SMILES string of the molecule is CC(C)C(N)C(=O)OCC(=O)[C@H](C[C@@H]1CCNC1=O)NC(=O)CNC(=O)c1cc2cc(F)cc(F)c2[nH]1. The molecule has 11 nitrogen and oxygen atoms in total. The Morgan fingerprint density at radius 1 is 1.19 bits per heavy atom. The molecular formula is C24H29F2N5O6. The van der Waals surface area contributed by atoms with Crippen molar-refractivity contribution in [2.24, 2.45) is 17.6 Å². The molecule has 13 heteroatoms. The Hall–Kier alpha value is -3.87. The van der Waals surface area contributed by atoms with Crippen molar-refractivity contribution < 1.29 is 37.5 Å². The van der Waals surface area contributed by atoms with Gasteiger partial charge in [0, 0.05) is 23.9 Å². The number of ketones is 1. The molecule has 3 rings (SSSR count). The van der Waals surface area contributed by atoms with Gasteiger partial charge in [-0.2, -0.15) is 0 Å². The second-order valence-electron chi connectivity index (χ2n) is 9.19. The number of benzene rings is 1. The van der Waals surface area contributed by atoms with Crippen LogP contribution in [-0.4, -0.2) is 66.2 Å². The number of ether oxygens (including phenoxy) is 1. The number of fused-ring (bicyclic) bond motifs is 1. The zero-order valence-electron chi connectivity index (χ0n) is 20.4. The number of H-pyrrole nitrogens is 1. The molecule has 0 radical (unpaired) electrons. The predicted octanol–water partition coefficient (Wildman–Crippen LogP) is 0.283. The Balaban J connectivity index is 1.61. The van der Waals surface area contributed by atoms with Crippen molar-refractivity contribution in [2.45, 2.75) is 38.8 Å². The summed E-state index contributed by atoms with van der Waals surface area (Å²) in [6.07, 6.45) is 0.440. The lowest BCUT2D eigenvalue weighted by atomic mass is 9.96. The van der Waals surface area contributed by atoms with Gasteiger partial charge in [0.15, 0.2) is 12.4 Å². The number of esters is 1. The molecule has 0 spiro atoms. The zero-order valence-corrected chi connectivity index (χ0v) is 20.4. The molecule has 1 aliphatic heterocycles. The maximum Gasteiger partial charge on any atom is 0.323 e. The van der Waals surface area contributed by atoms with E-state index in [0.717, 1.165) is 6.07 Å². The zero-order chi connectivity index (χ0) is 27.3. The molecule has 0 saturated carbocycles. The van der Waals surface area contributed by atoms with Crippen molar-refractivity contribution in [3.8, 4) is 0 Å². The molecule has 1 unspecified atom stereocenters. The van der Waals surface area contributed by atoms with Gasteiger partial charge in [-0.3, -0.25) is 24.0 Å². The first-order valence-corrected chi connectivity index (χ1v) is 11.7. The smallest absolute Gasteiger partial charge is 0.323 e. The highest BCUT2D eigenvalue weighted by Crippen LogP contribution is 2.20. The maximum atomic E-state index is 13.9. The third-order valence-corrected chi connectivity index (χ3v) is 6.05. The van der Waals surface area contributed by atoms with Gasteiger partial charge in [0.1, 0.15) is 23.4 Å². The van der Waals surface area contributed by atoms with Gasteiger partial charge in [0.25, 0.3) is 5.91 Å². The summed E-state index contributed by atoms with van der Waals surface area (Å²) >= 11 is 0. The first-order valence-electron chi connectivity index (χ1n) is 11.7. The van der Waals surface area contributed by atoms with Gasteiger partial charge in [-0.25, -0.2) is 8.78 Å². The van der Waals surface area contributed by atoms with Crippen molar-refractivity contribution in [2.75, 3.05) is 19.7 Å². The predicted molar refractivity (Wildman–Crippen MR) is 127 cm³/mol. The number of hydrogen-bond donors (Lipinski definition) is 5. The topological polar surface area (TPSA) is 172 Å². The fraction of sp³-hybridized carbons (Fsp3) is 0.458. The summed E-state index contributed by atoms with van der Waals surface area (Å²) in [6.45, 7) is 2.66. The van der Waals surface area contributed by atoms with Gasteiger partial charge in [0.05, 0.1) is 18.1 Å². The van der Waals surface area contributed by atoms with Crippen LogP contribution in [0, 0.1) is 23.5 Å². The van der Waals surface area contributed by atoms with E-state index in [1.54, 1.807) is 13.8 Å². The van der Waals surface area contributed by atoms with Crippen LogP contribution >= 0.6 is 0 Å². The molecule has 6 N–H and O–H groups in total. The molecule has 1 saturated heterocycles. The van der Waals surface area contributed by atoms with Crippen molar-refractivity contribution >= 4 is 40.4 Å². The molecule has 1 aromatic carbocycles. The molecule has 1 aromatic heterocycles. The molecule has 0 bridgehead atoms. The molecule has 2 aromatic rings. The molecule has 37 heavy (non-hydrogen) atoms. The van der Waals surface area contributed by atoms with Crippen LogP contribution in [0.4, 0.5) is 8.78 Å². The monoisotopic (exact) mass is 521 g/mol. The Bertz CT molecular complexity index is 1210. The second-order valence-corrected chi connectivity index (χ2v) is 9.19. The number of hydrogen-bond acceptors (Lipinski definition) is 7. The molecule has 0 aliphatic carbocycles. The molecule has 3 atom stereocenters. The van der Waals surface area contributed by atoms with Crippen molar-refractivity contribution in [1.82, 2.24) is 20.9 Å². The van der Waals surface area contributed by atoms with E-state index in [4.69, 9.17) is 10.5 Å². The van der Waals surface area contributed by atoms with Gasteiger partial charge in [-0.05, 0) is 30.9 Å². The Kier molecular flexibility index (Phi) is 8.92. The maximum absolute atomic E-state index is 13.9. The summed E-state index contributed by atoms with van der Waals surface area (Å²) in [5.74, 6) is -5.61. The first-order chi connectivity index (χ1) is 17.5. The molecule has 1 fully saturated rings. The summed E-state index contributed by atoms with van der Waals surface area (Å²) in [5.41, 5.74) is 5.55. The highest BCUT2D eigenvalue weighted by molar-refractivity contribution is 6.00. The van der Waals surface area contributed by atoms with E-state index >= 15 is 0 Å². The quantitative estimate of drug-likeness (QED) is 0.264. The largest absolute Gasteiger partial charge is 0.456 e. The van der Waals surface area contributed by atoms with E-state index < -0.39 is 66.4 Å². The van der Waals surface area contributed by atoms with Crippen molar-refractivity contribution in [3.63, 3.8) is 0 Å². The highest BCUT2D eigenvalue weighted by Gasteiger charge is 2.32. The van der Waals surface area contributed by atoms with E-state index in [0.29, 0.717) is 19.0 Å². The molecule has 200 valence electrons. The van der Waals surface area contributed by atoms with Crippen LogP contribution < -0.4 is 21.7 Å². The van der Waals surface area contributed by atoms with Gasteiger partial charge >= 0.3 is 5.97 Å². The van der Waals surface area contributed by atoms with E-state index in [2.05, 4.69) is 20.9 Å². The second kappa shape index (κ2) is 11.9. The minimum absolute atomic E-state index is 0.0228. The Labute approximate surface area is 210 Å². The van der Waals surface area contributed by atoms with Crippen LogP contribution in [0.5, 0.6) is 0 Å². The van der Waals surface area contributed by atoms with Crippen LogP contribution in [0.15, 0.2) is 18.2 Å². The van der Waals surface area contributed by atoms with Gasteiger partial charge in [-0.15, -0.1) is 0 Å². The van der Waals surface area contributed by atoms with Crippen LogP contribution in [0.3, 0.4) is 0 Å². The Morgan fingerprint density at radius 3 is 2.57 bits per heavy atom. The number of carbonyl (C=O) groups is 5. The van der Waals surface area contributed by atoms with Crippen molar-refractivity contribution in [3.05, 3.63) is 35.5 Å². The highest BCUT2D eigenvalue weighted by atomic mass is 19.1. The number of amides is 3. The molecule has 1 aliphatic rings. The third kappa shape index (κ3) is 7.09. The van der Waals surface area contributed by atoms with Crippen LogP contribution in [0.25, 0.3) is 10.9 Å². The number of nitrogens with two attached hydrogens (primary N) is 1. The number of halogens is 2. The van der Waals surface area contributed by atoms with E-state index in [9.17, 15) is 32.8 Å². The van der Waals surface area contributed by atoms with E-state index in [1.165, 1.54) is 6.07 Å². The summed E-state index contributed by atoms with van der Waals surface area (Å²) in [7, 11) is 0. The van der Waals surface area contributed by atoms with E-state index in [1.807, 2.05) is 0 Å². The van der Waals surface area contributed by atoms with Gasteiger partial charge < -0.3 is 31.4 Å². The number of aromatic nitrogens is 1. The minimum atomic E-state index is -1.16. The van der Waals surface area contributed by atoms with Crippen molar-refractivity contribution in [1.29, 1.82) is 0 Å². The summed E-state index contributed by atoms with van der Waals surface area (Å²) in [4.78, 5) is 64.2. The Morgan fingerprint density at radius 2 is 1.92 bits per heavy atom. The van der Waals surface area contributed by atoms with Gasteiger partial charge in [-0.1, -0.05) is 13.8 Å². The molecular weight excluding hydrogens is 492 g/mol. The molecule has 3 amide bonds. The minimum Gasteiger partial charge on any atom is -0.456 e. The summed E-state index contributed by atoms with van der Waals surface area (Å²) < 4.78 is 32.3. The van der Waals surface area contributed by atoms with Gasteiger partial charge in [0.2, 0.25) is 11.8 Å². The first kappa shape index (κ1) is 27.7. The standard InChI is InChI=1S/C24H29F2N5O6/c1-11(2)20(27)24(36)37-10-18(32)16(6-12-3-4-28-22(12)34)30-19(33)9-29-23(35)17-7-13-5-14(25)8-15(26)21(13)31-17/h5,7-8,11-12,16,20,31H,3-4,6,9-10,27H2,1-2H3,(H,28,34)(H,29,35)(H,30,33)/t12-,16-,20?/m0/s1. The fourth-order valence-corrected chi connectivity index (χ4v) is 3.83. The van der Waals surface area contributed by atoms with Crippen LogP contribution in [-0.2, 0) is 23.9 Å².